The molecule has 0 N–H and O–H groups in total. The van der Waals surface area contributed by atoms with Gasteiger partial charge in [-0.1, -0.05) is 50.1 Å². The zero-order chi connectivity index (χ0) is 17.9. The Morgan fingerprint density at radius 1 is 0.917 bits per heavy atom. The highest BCUT2D eigenvalue weighted by Gasteiger charge is 2.16. The molecule has 0 radical (unpaired) electrons. The summed E-state index contributed by atoms with van der Waals surface area (Å²) in [5.41, 5.74) is 1.20. The molecule has 0 fully saturated rings. The normalized spacial score (nSPS) is 9.33. The van der Waals surface area contributed by atoms with E-state index in [1.807, 2.05) is 19.1 Å². The van der Waals surface area contributed by atoms with Crippen LogP contribution in [0.2, 0.25) is 0 Å². The van der Waals surface area contributed by atoms with Gasteiger partial charge in [-0.2, -0.15) is 0 Å². The molecule has 0 heterocycles. The molecule has 2 aromatic rings. The van der Waals surface area contributed by atoms with Crippen LogP contribution in [0.1, 0.15) is 36.2 Å². The first-order valence-electron chi connectivity index (χ1n) is 7.65. The molecule has 2 rings (SSSR count). The highest BCUT2D eigenvalue weighted by molar-refractivity contribution is 5.93. The summed E-state index contributed by atoms with van der Waals surface area (Å²) >= 11 is 0. The zero-order valence-electron chi connectivity index (χ0n) is 14.4. The molecule has 128 valence electrons. The third-order valence-corrected chi connectivity index (χ3v) is 2.71. The minimum absolute atomic E-state index is 0.0847. The summed E-state index contributed by atoms with van der Waals surface area (Å²) in [6.45, 7) is 6.18. The second-order valence-corrected chi connectivity index (χ2v) is 4.96. The van der Waals surface area contributed by atoms with Crippen molar-refractivity contribution in [2.75, 3.05) is 7.11 Å². The third kappa shape index (κ3) is 6.12. The molecule has 0 atom stereocenters. The summed E-state index contributed by atoms with van der Waals surface area (Å²) in [7, 11) is 1.25. The Hall–Kier alpha value is -2.82. The van der Waals surface area contributed by atoms with Gasteiger partial charge in [-0.25, -0.2) is 9.59 Å². The van der Waals surface area contributed by atoms with Gasteiger partial charge in [0.1, 0.15) is 17.1 Å². The Morgan fingerprint density at radius 2 is 1.50 bits per heavy atom. The Bertz CT molecular complexity index is 662. The summed E-state index contributed by atoms with van der Waals surface area (Å²) < 4.78 is 14.7. The molecule has 5 heteroatoms. The Balaban J connectivity index is 0.000000891. The maximum absolute atomic E-state index is 11.7. The molecular weight excluding hydrogens is 308 g/mol. The second kappa shape index (κ2) is 10.0. The van der Waals surface area contributed by atoms with Crippen LogP contribution in [0.3, 0.4) is 0 Å². The summed E-state index contributed by atoms with van der Waals surface area (Å²) in [5.74, 6) is -0.142. The highest BCUT2D eigenvalue weighted by atomic mass is 16.7. The van der Waals surface area contributed by atoms with Gasteiger partial charge in [-0.05, 0) is 31.2 Å². The average Bonchev–Trinajstić information content (AvgIpc) is 2.57. The van der Waals surface area contributed by atoms with E-state index < -0.39 is 12.1 Å². The summed E-state index contributed by atoms with van der Waals surface area (Å²) in [6.07, 6.45) is 0.329. The van der Waals surface area contributed by atoms with Crippen LogP contribution in [0, 0.1) is 6.92 Å². The molecular formula is C19H22O5. The van der Waals surface area contributed by atoms with Crippen molar-refractivity contribution >= 4 is 12.1 Å². The Kier molecular flexibility index (Phi) is 8.05. The lowest BCUT2D eigenvalue weighted by molar-refractivity contribution is 0.0597. The first-order valence-corrected chi connectivity index (χ1v) is 7.65. The van der Waals surface area contributed by atoms with Gasteiger partial charge in [-0.3, -0.25) is 0 Å². The second-order valence-electron chi connectivity index (χ2n) is 4.96. The van der Waals surface area contributed by atoms with Gasteiger partial charge in [0.05, 0.1) is 7.11 Å². The molecule has 24 heavy (non-hydrogen) atoms. The molecule has 0 aliphatic heterocycles. The average molecular weight is 330 g/mol. The molecule has 0 bridgehead atoms. The van der Waals surface area contributed by atoms with E-state index in [2.05, 4.69) is 18.6 Å². The van der Waals surface area contributed by atoms with Gasteiger partial charge in [0.2, 0.25) is 0 Å². The molecule has 0 spiro atoms. The van der Waals surface area contributed by atoms with Crippen LogP contribution in [0.15, 0.2) is 48.5 Å². The molecule has 0 aromatic heterocycles. The van der Waals surface area contributed by atoms with Gasteiger partial charge < -0.3 is 14.2 Å². The smallest absolute Gasteiger partial charge is 0.465 e. The van der Waals surface area contributed by atoms with Crippen molar-refractivity contribution in [2.24, 2.45) is 0 Å². The predicted octanol–water partition coefficient (Wildman–Crippen LogP) is 4.78. The number of esters is 1. The first-order chi connectivity index (χ1) is 11.5. The van der Waals surface area contributed by atoms with Crippen molar-refractivity contribution in [3.63, 3.8) is 0 Å². The van der Waals surface area contributed by atoms with E-state index in [0.29, 0.717) is 5.75 Å². The summed E-state index contributed by atoms with van der Waals surface area (Å²) in [4.78, 5) is 23.3. The topological polar surface area (TPSA) is 61.8 Å². The summed E-state index contributed by atoms with van der Waals surface area (Å²) in [6, 6.07) is 13.2. The fourth-order valence-electron chi connectivity index (χ4n) is 1.65. The monoisotopic (exact) mass is 330 g/mol. The largest absolute Gasteiger partial charge is 0.519 e. The number of hydrogen-bond donors (Lipinski definition) is 0. The molecule has 0 aliphatic carbocycles. The number of carbonyl (C=O) groups excluding carboxylic acids is 2. The van der Waals surface area contributed by atoms with Crippen LogP contribution in [-0.4, -0.2) is 19.2 Å². The van der Waals surface area contributed by atoms with Gasteiger partial charge in [0, 0.05) is 0 Å². The van der Waals surface area contributed by atoms with E-state index >= 15 is 0 Å². The predicted molar refractivity (Wildman–Crippen MR) is 91.6 cm³/mol. The highest BCUT2D eigenvalue weighted by Crippen LogP contribution is 2.20. The number of rotatable bonds is 3. The van der Waals surface area contributed by atoms with Crippen molar-refractivity contribution in [2.45, 2.75) is 27.2 Å². The van der Waals surface area contributed by atoms with Crippen molar-refractivity contribution < 1.29 is 23.8 Å². The van der Waals surface area contributed by atoms with Crippen LogP contribution in [-0.2, 0) is 4.74 Å². The minimum atomic E-state index is -0.921. The number of hydrogen-bond acceptors (Lipinski definition) is 5. The first kappa shape index (κ1) is 19.2. The van der Waals surface area contributed by atoms with E-state index in [9.17, 15) is 9.59 Å². The third-order valence-electron chi connectivity index (χ3n) is 2.71. The number of benzene rings is 2. The number of aryl methyl sites for hydroxylation is 1. The Labute approximate surface area is 142 Å². The van der Waals surface area contributed by atoms with Crippen LogP contribution in [0.4, 0.5) is 4.79 Å². The number of para-hydroxylation sites is 1. The van der Waals surface area contributed by atoms with Gasteiger partial charge in [0.25, 0.3) is 0 Å². The number of carbonyl (C=O) groups is 2. The fraction of sp³-hybridized carbons (Fsp3) is 0.263. The molecule has 0 aliphatic rings. The number of methoxy groups -OCH3 is 1. The van der Waals surface area contributed by atoms with E-state index in [1.165, 1.54) is 25.7 Å². The minimum Gasteiger partial charge on any atom is -0.465 e. The lowest BCUT2D eigenvalue weighted by Crippen LogP contribution is -2.16. The van der Waals surface area contributed by atoms with Crippen LogP contribution >= 0.6 is 0 Å². The lowest BCUT2D eigenvalue weighted by Gasteiger charge is -2.08. The fourth-order valence-corrected chi connectivity index (χ4v) is 1.65. The van der Waals surface area contributed by atoms with Gasteiger partial charge in [-0.15, -0.1) is 0 Å². The van der Waals surface area contributed by atoms with Crippen molar-refractivity contribution in [3.05, 3.63) is 59.7 Å². The van der Waals surface area contributed by atoms with Crippen LogP contribution in [0.5, 0.6) is 11.5 Å². The van der Waals surface area contributed by atoms with Crippen LogP contribution in [0.25, 0.3) is 0 Å². The van der Waals surface area contributed by atoms with E-state index in [1.54, 1.807) is 24.3 Å². The molecule has 5 nitrogen and oxygen atoms in total. The van der Waals surface area contributed by atoms with Gasteiger partial charge in [0.15, 0.2) is 0 Å². The van der Waals surface area contributed by atoms with Crippen molar-refractivity contribution in [3.8, 4) is 11.5 Å². The van der Waals surface area contributed by atoms with Crippen molar-refractivity contribution in [1.82, 2.24) is 0 Å². The van der Waals surface area contributed by atoms with E-state index in [0.717, 1.165) is 5.56 Å². The SMILES string of the molecule is CCC.COC(=O)c1ccccc1OC(=O)Oc1ccc(C)cc1. The number of ether oxygens (including phenoxy) is 3. The van der Waals surface area contributed by atoms with Crippen LogP contribution < -0.4 is 9.47 Å². The summed E-state index contributed by atoms with van der Waals surface area (Å²) in [5, 5.41) is 0. The lowest BCUT2D eigenvalue weighted by atomic mass is 10.2. The van der Waals surface area contributed by atoms with E-state index in [-0.39, 0.29) is 11.3 Å². The Morgan fingerprint density at radius 3 is 2.08 bits per heavy atom. The molecule has 0 unspecified atom stereocenters. The zero-order valence-corrected chi connectivity index (χ0v) is 14.4. The standard InChI is InChI=1S/C16H14O5.C3H8/c1-11-7-9-12(10-8-11)20-16(18)21-14-6-4-3-5-13(14)15(17)19-2;1-3-2/h3-10H,1-2H3;3H2,1-2H3. The van der Waals surface area contributed by atoms with Crippen molar-refractivity contribution in [1.29, 1.82) is 0 Å². The molecule has 0 saturated carbocycles. The molecule has 2 aromatic carbocycles. The maximum Gasteiger partial charge on any atom is 0.519 e. The maximum atomic E-state index is 11.7. The van der Waals surface area contributed by atoms with E-state index in [4.69, 9.17) is 9.47 Å². The quantitative estimate of drug-likeness (QED) is 0.599. The molecule has 0 saturated heterocycles. The van der Waals surface area contributed by atoms with Gasteiger partial charge >= 0.3 is 12.1 Å². The molecule has 0 amide bonds.